The SMILES string of the molecule is NCCc1nc2ncc(-c3ccc(C4CCC(=O)N4)cc3)cn2n1. The van der Waals surface area contributed by atoms with Gasteiger partial charge in [-0.05, 0) is 24.1 Å². The first-order chi connectivity index (χ1) is 11.7. The van der Waals surface area contributed by atoms with Crippen LogP contribution in [0.4, 0.5) is 0 Å². The van der Waals surface area contributed by atoms with E-state index in [1.807, 2.05) is 18.3 Å². The lowest BCUT2D eigenvalue weighted by Gasteiger charge is -2.11. The van der Waals surface area contributed by atoms with Crippen molar-refractivity contribution in [1.82, 2.24) is 24.9 Å². The van der Waals surface area contributed by atoms with Gasteiger partial charge >= 0.3 is 0 Å². The predicted molar refractivity (Wildman–Crippen MR) is 89.1 cm³/mol. The van der Waals surface area contributed by atoms with E-state index in [2.05, 4.69) is 32.5 Å². The van der Waals surface area contributed by atoms with E-state index in [1.54, 1.807) is 10.7 Å². The van der Waals surface area contributed by atoms with Crippen LogP contribution in [0.3, 0.4) is 0 Å². The summed E-state index contributed by atoms with van der Waals surface area (Å²) >= 11 is 0. The second kappa shape index (κ2) is 6.01. The van der Waals surface area contributed by atoms with Gasteiger partial charge in [0.2, 0.25) is 5.91 Å². The number of rotatable bonds is 4. The van der Waals surface area contributed by atoms with Crippen molar-refractivity contribution in [2.75, 3.05) is 6.54 Å². The summed E-state index contributed by atoms with van der Waals surface area (Å²) in [5.74, 6) is 1.40. The number of nitrogens with zero attached hydrogens (tertiary/aromatic N) is 4. The van der Waals surface area contributed by atoms with Crippen LogP contribution in [-0.2, 0) is 11.2 Å². The molecule has 1 aliphatic rings. The van der Waals surface area contributed by atoms with E-state index in [-0.39, 0.29) is 11.9 Å². The molecule has 3 aromatic rings. The molecule has 1 unspecified atom stereocenters. The first-order valence-corrected chi connectivity index (χ1v) is 8.04. The normalized spacial score (nSPS) is 17.4. The van der Waals surface area contributed by atoms with Crippen molar-refractivity contribution in [2.45, 2.75) is 25.3 Å². The van der Waals surface area contributed by atoms with Gasteiger partial charge in [0.25, 0.3) is 5.78 Å². The number of nitrogens with two attached hydrogens (primary N) is 1. The standard InChI is InChI=1S/C17H18N6O/c18-8-7-15-21-17-19-9-13(10-23(17)22-15)11-1-3-12(4-2-11)14-5-6-16(24)20-14/h1-4,9-10,14H,5-8,18H2,(H,20,24). The molecule has 0 aliphatic carbocycles. The predicted octanol–water partition coefficient (Wildman–Crippen LogP) is 1.24. The molecule has 2 aromatic heterocycles. The van der Waals surface area contributed by atoms with Gasteiger partial charge in [-0.1, -0.05) is 24.3 Å². The molecule has 3 heterocycles. The number of carbonyl (C=O) groups is 1. The van der Waals surface area contributed by atoms with Crippen LogP contribution >= 0.6 is 0 Å². The molecule has 7 nitrogen and oxygen atoms in total. The van der Waals surface area contributed by atoms with Crippen LogP contribution in [0.2, 0.25) is 0 Å². The highest BCUT2D eigenvalue weighted by molar-refractivity contribution is 5.78. The third-order valence-electron chi connectivity index (χ3n) is 4.25. The molecule has 0 saturated carbocycles. The highest BCUT2D eigenvalue weighted by atomic mass is 16.1. The second-order valence-electron chi connectivity index (χ2n) is 5.93. The summed E-state index contributed by atoms with van der Waals surface area (Å²) in [6, 6.07) is 8.32. The fourth-order valence-electron chi connectivity index (χ4n) is 2.98. The van der Waals surface area contributed by atoms with E-state index in [1.165, 1.54) is 0 Å². The van der Waals surface area contributed by atoms with Gasteiger partial charge in [-0.15, -0.1) is 5.10 Å². The first kappa shape index (κ1) is 14.8. The molecule has 1 saturated heterocycles. The summed E-state index contributed by atoms with van der Waals surface area (Å²) in [5, 5.41) is 7.38. The Bertz CT molecular complexity index is 886. The maximum Gasteiger partial charge on any atom is 0.252 e. The minimum Gasteiger partial charge on any atom is -0.349 e. The lowest BCUT2D eigenvalue weighted by molar-refractivity contribution is -0.119. The lowest BCUT2D eigenvalue weighted by atomic mass is 10.0. The average Bonchev–Trinajstić information content (AvgIpc) is 3.20. The van der Waals surface area contributed by atoms with E-state index in [0.717, 1.165) is 23.1 Å². The zero-order valence-corrected chi connectivity index (χ0v) is 13.1. The van der Waals surface area contributed by atoms with Crippen molar-refractivity contribution in [3.8, 4) is 11.1 Å². The molecule has 4 rings (SSSR count). The van der Waals surface area contributed by atoms with Crippen molar-refractivity contribution in [2.24, 2.45) is 5.73 Å². The van der Waals surface area contributed by atoms with E-state index >= 15 is 0 Å². The maximum absolute atomic E-state index is 11.3. The van der Waals surface area contributed by atoms with Crippen LogP contribution in [0.1, 0.15) is 30.3 Å². The van der Waals surface area contributed by atoms with Crippen LogP contribution in [0.5, 0.6) is 0 Å². The van der Waals surface area contributed by atoms with Crippen molar-refractivity contribution < 1.29 is 4.79 Å². The fourth-order valence-corrected chi connectivity index (χ4v) is 2.98. The third kappa shape index (κ3) is 2.74. The summed E-state index contributed by atoms with van der Waals surface area (Å²) in [6.45, 7) is 0.517. The monoisotopic (exact) mass is 322 g/mol. The molecule has 0 radical (unpaired) electrons. The molecule has 1 aromatic carbocycles. The molecule has 0 bridgehead atoms. The zero-order chi connectivity index (χ0) is 16.5. The fraction of sp³-hybridized carbons (Fsp3) is 0.294. The average molecular weight is 322 g/mol. The first-order valence-electron chi connectivity index (χ1n) is 8.04. The van der Waals surface area contributed by atoms with Gasteiger partial charge in [0.1, 0.15) is 0 Å². The number of carbonyl (C=O) groups excluding carboxylic acids is 1. The van der Waals surface area contributed by atoms with Crippen LogP contribution < -0.4 is 11.1 Å². The van der Waals surface area contributed by atoms with Crippen LogP contribution in [0, 0.1) is 0 Å². The Labute approximate surface area is 138 Å². The summed E-state index contributed by atoms with van der Waals surface area (Å²) in [4.78, 5) is 20.0. The number of hydrogen-bond acceptors (Lipinski definition) is 5. The van der Waals surface area contributed by atoms with Crippen molar-refractivity contribution in [3.05, 3.63) is 48.0 Å². The Morgan fingerprint density at radius 1 is 1.25 bits per heavy atom. The molecule has 0 spiro atoms. The Kier molecular flexibility index (Phi) is 3.70. The molecule has 3 N–H and O–H groups in total. The van der Waals surface area contributed by atoms with Crippen LogP contribution in [0.15, 0.2) is 36.7 Å². The van der Waals surface area contributed by atoms with Gasteiger partial charge in [0.05, 0.1) is 6.04 Å². The van der Waals surface area contributed by atoms with Gasteiger partial charge in [-0.2, -0.15) is 4.98 Å². The Morgan fingerprint density at radius 3 is 2.79 bits per heavy atom. The molecule has 1 aliphatic heterocycles. The van der Waals surface area contributed by atoms with Gasteiger partial charge in [-0.3, -0.25) is 4.79 Å². The number of fused-ring (bicyclic) bond motifs is 1. The van der Waals surface area contributed by atoms with Crippen LogP contribution in [0.25, 0.3) is 16.9 Å². The van der Waals surface area contributed by atoms with E-state index in [4.69, 9.17) is 5.73 Å². The quantitative estimate of drug-likeness (QED) is 0.753. The minimum atomic E-state index is 0.123. The number of aromatic nitrogens is 4. The molecule has 1 fully saturated rings. The molecule has 1 amide bonds. The Morgan fingerprint density at radius 2 is 2.08 bits per heavy atom. The van der Waals surface area contributed by atoms with Crippen molar-refractivity contribution >= 4 is 11.7 Å². The molecular formula is C17H18N6O. The van der Waals surface area contributed by atoms with Crippen molar-refractivity contribution in [1.29, 1.82) is 0 Å². The molecule has 1 atom stereocenters. The summed E-state index contributed by atoms with van der Waals surface area (Å²) in [5.41, 5.74) is 8.69. The Balaban J connectivity index is 1.60. The minimum absolute atomic E-state index is 0.123. The molecule has 24 heavy (non-hydrogen) atoms. The summed E-state index contributed by atoms with van der Waals surface area (Å²) in [6.07, 6.45) is 5.81. The molecule has 122 valence electrons. The van der Waals surface area contributed by atoms with E-state index < -0.39 is 0 Å². The molecule has 7 heteroatoms. The van der Waals surface area contributed by atoms with Gasteiger partial charge in [0, 0.05) is 30.8 Å². The summed E-state index contributed by atoms with van der Waals surface area (Å²) < 4.78 is 1.69. The number of benzene rings is 1. The van der Waals surface area contributed by atoms with Gasteiger partial charge in [0.15, 0.2) is 5.82 Å². The second-order valence-corrected chi connectivity index (χ2v) is 5.93. The number of nitrogens with one attached hydrogen (secondary N) is 1. The van der Waals surface area contributed by atoms with Crippen LogP contribution in [-0.4, -0.2) is 32.0 Å². The van der Waals surface area contributed by atoms with Crippen molar-refractivity contribution in [3.63, 3.8) is 0 Å². The maximum atomic E-state index is 11.3. The third-order valence-corrected chi connectivity index (χ3v) is 4.25. The van der Waals surface area contributed by atoms with Gasteiger partial charge < -0.3 is 11.1 Å². The Hall–Kier alpha value is -2.80. The number of hydrogen-bond donors (Lipinski definition) is 2. The number of amides is 1. The topological polar surface area (TPSA) is 98.2 Å². The lowest BCUT2D eigenvalue weighted by Crippen LogP contribution is -2.18. The van der Waals surface area contributed by atoms with E-state index in [0.29, 0.717) is 31.0 Å². The largest absolute Gasteiger partial charge is 0.349 e. The highest BCUT2D eigenvalue weighted by Crippen LogP contribution is 2.26. The highest BCUT2D eigenvalue weighted by Gasteiger charge is 2.21. The molecular weight excluding hydrogens is 304 g/mol. The zero-order valence-electron chi connectivity index (χ0n) is 13.1. The van der Waals surface area contributed by atoms with Gasteiger partial charge in [-0.25, -0.2) is 9.50 Å². The smallest absolute Gasteiger partial charge is 0.252 e. The van der Waals surface area contributed by atoms with E-state index in [9.17, 15) is 4.79 Å². The summed E-state index contributed by atoms with van der Waals surface area (Å²) in [7, 11) is 0.